The van der Waals surface area contributed by atoms with Gasteiger partial charge in [-0.3, -0.25) is 14.5 Å². The lowest BCUT2D eigenvalue weighted by Crippen LogP contribution is -2.28. The second-order valence-electron chi connectivity index (χ2n) is 7.00. The van der Waals surface area contributed by atoms with E-state index in [2.05, 4.69) is 12.2 Å². The van der Waals surface area contributed by atoms with Crippen molar-refractivity contribution in [2.24, 2.45) is 0 Å². The van der Waals surface area contributed by atoms with E-state index in [0.717, 1.165) is 49.4 Å². The molecule has 1 aliphatic rings. The van der Waals surface area contributed by atoms with Gasteiger partial charge in [0.25, 0.3) is 0 Å². The van der Waals surface area contributed by atoms with E-state index in [1.165, 1.54) is 16.7 Å². The van der Waals surface area contributed by atoms with Crippen molar-refractivity contribution in [3.63, 3.8) is 0 Å². The third-order valence-corrected chi connectivity index (χ3v) is 5.98. The summed E-state index contributed by atoms with van der Waals surface area (Å²) < 4.78 is 27.8. The zero-order valence-electron chi connectivity index (χ0n) is 16.3. The Bertz CT molecular complexity index is 874. The fourth-order valence-corrected chi connectivity index (χ4v) is 4.44. The minimum Gasteiger partial charge on any atom is -0.326 e. The number of carbonyl (C=O) groups excluding carboxylic acids is 2. The Morgan fingerprint density at radius 2 is 1.90 bits per heavy atom. The molecule has 0 saturated carbocycles. The average molecular weight is 419 g/mol. The lowest BCUT2D eigenvalue weighted by molar-refractivity contribution is -0.116. The van der Waals surface area contributed by atoms with Gasteiger partial charge < -0.3 is 5.32 Å². The molecule has 3 rings (SSSR count). The predicted molar refractivity (Wildman–Crippen MR) is 113 cm³/mol. The number of amides is 2. The van der Waals surface area contributed by atoms with Gasteiger partial charge in [-0.15, -0.1) is 11.8 Å². The van der Waals surface area contributed by atoms with E-state index in [1.54, 1.807) is 24.3 Å². The van der Waals surface area contributed by atoms with Crippen LogP contribution in [0.25, 0.3) is 0 Å². The number of anilines is 2. The van der Waals surface area contributed by atoms with Crippen LogP contribution in [0.4, 0.5) is 20.2 Å². The maximum absolute atomic E-state index is 14.2. The van der Waals surface area contributed by atoms with Crippen molar-refractivity contribution in [1.82, 2.24) is 0 Å². The fourth-order valence-electron chi connectivity index (χ4n) is 3.27. The summed E-state index contributed by atoms with van der Waals surface area (Å²) in [6.07, 6.45) is 4.65. The lowest BCUT2D eigenvalue weighted by atomic mass is 10.1. The van der Waals surface area contributed by atoms with Gasteiger partial charge in [-0.05, 0) is 36.2 Å². The molecule has 4 nitrogen and oxygen atoms in total. The van der Waals surface area contributed by atoms with Gasteiger partial charge >= 0.3 is 0 Å². The van der Waals surface area contributed by atoms with Gasteiger partial charge in [-0.25, -0.2) is 8.78 Å². The van der Waals surface area contributed by atoms with Gasteiger partial charge in [0.2, 0.25) is 11.8 Å². The number of nitrogens with zero attached hydrogens (tertiary/aromatic N) is 1. The standard InChI is InChI=1S/C22H24F2N2O2S/c1-2-3-4-5-6-20(27)25-17-10-7-15(8-11-17)22-26(21(28)14-29-22)19-13-16(23)9-12-18(19)24/h7-13,22H,2-6,14H2,1H3,(H,25,27)/t22-/m0/s1. The molecule has 154 valence electrons. The van der Waals surface area contributed by atoms with Crippen molar-refractivity contribution in [2.45, 2.75) is 44.4 Å². The first-order valence-corrected chi connectivity index (χ1v) is 10.8. The SMILES string of the molecule is CCCCCCC(=O)Nc1ccc([C@@H]2SCC(=O)N2c2cc(F)ccc2F)cc1. The first-order chi connectivity index (χ1) is 14.0. The molecule has 1 N–H and O–H groups in total. The molecule has 1 aliphatic heterocycles. The van der Waals surface area contributed by atoms with Crippen LogP contribution in [0.3, 0.4) is 0 Å². The molecule has 0 spiro atoms. The highest BCUT2D eigenvalue weighted by Crippen LogP contribution is 2.42. The first-order valence-electron chi connectivity index (χ1n) is 9.78. The summed E-state index contributed by atoms with van der Waals surface area (Å²) >= 11 is 1.36. The third-order valence-electron chi connectivity index (χ3n) is 4.77. The molecule has 0 radical (unpaired) electrons. The minimum atomic E-state index is -0.640. The van der Waals surface area contributed by atoms with Crippen molar-refractivity contribution >= 4 is 35.0 Å². The number of unbranched alkanes of at least 4 members (excludes halogenated alkanes) is 3. The van der Waals surface area contributed by atoms with Gasteiger partial charge in [0.05, 0.1) is 11.4 Å². The second-order valence-corrected chi connectivity index (χ2v) is 8.07. The van der Waals surface area contributed by atoms with E-state index in [0.29, 0.717) is 12.1 Å². The summed E-state index contributed by atoms with van der Waals surface area (Å²) in [5.41, 5.74) is 1.40. The maximum Gasteiger partial charge on any atom is 0.238 e. The molecule has 1 heterocycles. The Labute approximate surface area is 173 Å². The molecule has 1 atom stereocenters. The Morgan fingerprint density at radius 1 is 1.14 bits per heavy atom. The maximum atomic E-state index is 14.2. The van der Waals surface area contributed by atoms with Crippen LogP contribution < -0.4 is 10.2 Å². The van der Waals surface area contributed by atoms with Gasteiger partial charge in [0.15, 0.2) is 0 Å². The van der Waals surface area contributed by atoms with Crippen molar-refractivity contribution in [2.75, 3.05) is 16.0 Å². The molecular formula is C22H24F2N2O2S. The highest BCUT2D eigenvalue weighted by molar-refractivity contribution is 8.00. The Morgan fingerprint density at radius 3 is 2.62 bits per heavy atom. The summed E-state index contributed by atoms with van der Waals surface area (Å²) in [5, 5.41) is 2.42. The molecule has 7 heteroatoms. The molecule has 2 amide bonds. The van der Waals surface area contributed by atoms with Crippen LogP contribution in [0.2, 0.25) is 0 Å². The quantitative estimate of drug-likeness (QED) is 0.564. The van der Waals surface area contributed by atoms with E-state index in [9.17, 15) is 18.4 Å². The van der Waals surface area contributed by atoms with Crippen molar-refractivity contribution in [3.05, 3.63) is 59.7 Å². The van der Waals surface area contributed by atoms with Gasteiger partial charge in [-0.1, -0.05) is 38.3 Å². The summed E-state index contributed by atoms with van der Waals surface area (Å²) in [5.74, 6) is -1.34. The van der Waals surface area contributed by atoms with E-state index in [1.807, 2.05) is 0 Å². The molecule has 1 fully saturated rings. The highest BCUT2D eigenvalue weighted by atomic mass is 32.2. The first kappa shape index (κ1) is 21.3. The van der Waals surface area contributed by atoms with Crippen LogP contribution in [-0.4, -0.2) is 17.6 Å². The van der Waals surface area contributed by atoms with E-state index in [-0.39, 0.29) is 23.3 Å². The number of rotatable bonds is 8. The molecule has 1 saturated heterocycles. The molecule has 29 heavy (non-hydrogen) atoms. The molecule has 0 bridgehead atoms. The lowest BCUT2D eigenvalue weighted by Gasteiger charge is -2.25. The number of carbonyl (C=O) groups is 2. The molecule has 0 aromatic heterocycles. The number of hydrogen-bond donors (Lipinski definition) is 1. The number of hydrogen-bond acceptors (Lipinski definition) is 3. The van der Waals surface area contributed by atoms with Crippen LogP contribution in [-0.2, 0) is 9.59 Å². The molecular weight excluding hydrogens is 394 g/mol. The third kappa shape index (κ3) is 5.35. The average Bonchev–Trinajstić information content (AvgIpc) is 3.09. The highest BCUT2D eigenvalue weighted by Gasteiger charge is 2.35. The summed E-state index contributed by atoms with van der Waals surface area (Å²) in [7, 11) is 0. The molecule has 2 aromatic rings. The number of benzene rings is 2. The van der Waals surface area contributed by atoms with E-state index < -0.39 is 17.0 Å². The number of halogens is 2. The van der Waals surface area contributed by atoms with Gasteiger partial charge in [-0.2, -0.15) is 0 Å². The van der Waals surface area contributed by atoms with Crippen molar-refractivity contribution in [3.8, 4) is 0 Å². The smallest absolute Gasteiger partial charge is 0.238 e. The number of nitrogens with one attached hydrogen (secondary N) is 1. The van der Waals surface area contributed by atoms with Crippen molar-refractivity contribution in [1.29, 1.82) is 0 Å². The van der Waals surface area contributed by atoms with E-state index in [4.69, 9.17) is 0 Å². The van der Waals surface area contributed by atoms with Crippen LogP contribution in [0, 0.1) is 11.6 Å². The second kappa shape index (κ2) is 9.87. The zero-order valence-corrected chi connectivity index (χ0v) is 17.1. The summed E-state index contributed by atoms with van der Waals surface area (Å²) in [4.78, 5) is 25.7. The predicted octanol–water partition coefficient (Wildman–Crippen LogP) is 5.65. The molecule has 0 aliphatic carbocycles. The van der Waals surface area contributed by atoms with Crippen LogP contribution in [0.15, 0.2) is 42.5 Å². The monoisotopic (exact) mass is 418 g/mol. The fraction of sp³-hybridized carbons (Fsp3) is 0.364. The zero-order chi connectivity index (χ0) is 20.8. The Balaban J connectivity index is 1.69. The van der Waals surface area contributed by atoms with Crippen molar-refractivity contribution < 1.29 is 18.4 Å². The van der Waals surface area contributed by atoms with E-state index >= 15 is 0 Å². The molecule has 0 unspecified atom stereocenters. The Kier molecular flexibility index (Phi) is 7.25. The van der Waals surface area contributed by atoms with Gasteiger partial charge in [0, 0.05) is 18.2 Å². The van der Waals surface area contributed by atoms with Gasteiger partial charge in [0.1, 0.15) is 17.0 Å². The minimum absolute atomic E-state index is 0.0252. The van der Waals surface area contributed by atoms with Crippen LogP contribution in [0.1, 0.15) is 50.0 Å². The summed E-state index contributed by atoms with van der Waals surface area (Å²) in [6.45, 7) is 2.13. The normalized spacial score (nSPS) is 16.3. The van der Waals surface area contributed by atoms with Crippen LogP contribution >= 0.6 is 11.8 Å². The number of thioether (sulfide) groups is 1. The topological polar surface area (TPSA) is 49.4 Å². The molecule has 2 aromatic carbocycles. The van der Waals surface area contributed by atoms with Crippen LogP contribution in [0.5, 0.6) is 0 Å². The summed E-state index contributed by atoms with van der Waals surface area (Å²) in [6, 6.07) is 10.2. The Hall–Kier alpha value is -2.41. The largest absolute Gasteiger partial charge is 0.326 e.